The maximum Gasteiger partial charge on any atom is 0.133 e. The molecule has 1 aliphatic rings. The second-order valence-electron chi connectivity index (χ2n) is 5.39. The van der Waals surface area contributed by atoms with E-state index in [9.17, 15) is 4.79 Å². The average molecular weight is 197 g/mol. The van der Waals surface area contributed by atoms with E-state index >= 15 is 0 Å². The van der Waals surface area contributed by atoms with Gasteiger partial charge in [0.2, 0.25) is 0 Å². The molecule has 1 rings (SSSR count). The minimum Gasteiger partial charge on any atom is -0.302 e. The SMILES string of the molecule is CC(C)(C)C1CCCCCN1CC=O. The van der Waals surface area contributed by atoms with E-state index in [-0.39, 0.29) is 0 Å². The van der Waals surface area contributed by atoms with E-state index in [1.807, 2.05) is 0 Å². The Balaban J connectivity index is 2.68. The first kappa shape index (κ1) is 11.7. The highest BCUT2D eigenvalue weighted by Crippen LogP contribution is 2.30. The van der Waals surface area contributed by atoms with Gasteiger partial charge in [0.05, 0.1) is 6.54 Å². The Morgan fingerprint density at radius 2 is 2.00 bits per heavy atom. The molecule has 0 bridgehead atoms. The number of likely N-dealkylation sites (tertiary alicyclic amines) is 1. The Kier molecular flexibility index (Phi) is 4.11. The maximum atomic E-state index is 10.6. The Bertz CT molecular complexity index is 183. The Morgan fingerprint density at radius 3 is 2.57 bits per heavy atom. The van der Waals surface area contributed by atoms with Crippen LogP contribution in [0.25, 0.3) is 0 Å². The molecule has 1 atom stereocenters. The van der Waals surface area contributed by atoms with Gasteiger partial charge in [0.1, 0.15) is 6.29 Å². The minimum atomic E-state index is 0.299. The quantitative estimate of drug-likeness (QED) is 0.634. The molecule has 0 aliphatic carbocycles. The van der Waals surface area contributed by atoms with Crippen molar-refractivity contribution in [3.63, 3.8) is 0 Å². The van der Waals surface area contributed by atoms with Crippen LogP contribution in [0.15, 0.2) is 0 Å². The molecule has 1 unspecified atom stereocenters. The maximum absolute atomic E-state index is 10.6. The molecule has 2 nitrogen and oxygen atoms in total. The zero-order valence-corrected chi connectivity index (χ0v) is 9.75. The van der Waals surface area contributed by atoms with Crippen LogP contribution in [0.2, 0.25) is 0 Å². The third kappa shape index (κ3) is 3.09. The average Bonchev–Trinajstić information content (AvgIpc) is 2.29. The number of hydrogen-bond acceptors (Lipinski definition) is 2. The molecule has 0 aromatic rings. The highest BCUT2D eigenvalue weighted by molar-refractivity contribution is 5.52. The largest absolute Gasteiger partial charge is 0.302 e. The normalized spacial score (nSPS) is 25.8. The van der Waals surface area contributed by atoms with E-state index in [1.165, 1.54) is 25.7 Å². The van der Waals surface area contributed by atoms with Crippen LogP contribution in [0.1, 0.15) is 46.5 Å². The van der Waals surface area contributed by atoms with Crippen molar-refractivity contribution < 1.29 is 4.79 Å². The van der Waals surface area contributed by atoms with Gasteiger partial charge in [-0.3, -0.25) is 4.90 Å². The van der Waals surface area contributed by atoms with Crippen LogP contribution in [0, 0.1) is 5.41 Å². The van der Waals surface area contributed by atoms with E-state index in [0.29, 0.717) is 18.0 Å². The molecule has 0 spiro atoms. The topological polar surface area (TPSA) is 20.3 Å². The first-order valence-corrected chi connectivity index (χ1v) is 5.73. The zero-order valence-electron chi connectivity index (χ0n) is 9.75. The zero-order chi connectivity index (χ0) is 10.6. The highest BCUT2D eigenvalue weighted by Gasteiger charge is 2.30. The summed E-state index contributed by atoms with van der Waals surface area (Å²) in [5.41, 5.74) is 0.299. The second kappa shape index (κ2) is 4.92. The molecule has 0 N–H and O–H groups in total. The molecule has 1 heterocycles. The molecule has 0 amide bonds. The molecular weight excluding hydrogens is 174 g/mol. The van der Waals surface area contributed by atoms with Crippen LogP contribution < -0.4 is 0 Å². The summed E-state index contributed by atoms with van der Waals surface area (Å²) in [6.45, 7) is 8.55. The molecule has 0 radical (unpaired) electrons. The summed E-state index contributed by atoms with van der Waals surface area (Å²) in [5.74, 6) is 0. The fraction of sp³-hybridized carbons (Fsp3) is 0.917. The first-order valence-electron chi connectivity index (χ1n) is 5.73. The highest BCUT2D eigenvalue weighted by atomic mass is 16.1. The predicted octanol–water partition coefficient (Wildman–Crippen LogP) is 2.48. The Morgan fingerprint density at radius 1 is 1.29 bits per heavy atom. The lowest BCUT2D eigenvalue weighted by Gasteiger charge is -2.38. The first-order chi connectivity index (χ1) is 6.55. The van der Waals surface area contributed by atoms with Crippen molar-refractivity contribution >= 4 is 6.29 Å². The lowest BCUT2D eigenvalue weighted by atomic mass is 9.83. The van der Waals surface area contributed by atoms with Gasteiger partial charge in [0, 0.05) is 6.04 Å². The Labute approximate surface area is 87.7 Å². The fourth-order valence-corrected chi connectivity index (χ4v) is 2.46. The third-order valence-electron chi connectivity index (χ3n) is 3.17. The molecular formula is C12H23NO. The number of carbonyl (C=O) groups excluding carboxylic acids is 1. The number of aldehydes is 1. The van der Waals surface area contributed by atoms with Crippen molar-refractivity contribution in [1.82, 2.24) is 4.90 Å². The van der Waals surface area contributed by atoms with E-state index in [0.717, 1.165) is 12.8 Å². The lowest BCUT2D eigenvalue weighted by molar-refractivity contribution is -0.109. The Hall–Kier alpha value is -0.370. The molecule has 1 fully saturated rings. The van der Waals surface area contributed by atoms with Gasteiger partial charge >= 0.3 is 0 Å². The van der Waals surface area contributed by atoms with Gasteiger partial charge in [-0.15, -0.1) is 0 Å². The molecule has 0 aromatic carbocycles. The summed E-state index contributed by atoms with van der Waals surface area (Å²) in [7, 11) is 0. The van der Waals surface area contributed by atoms with Crippen molar-refractivity contribution in [1.29, 1.82) is 0 Å². The van der Waals surface area contributed by atoms with Crippen LogP contribution in [-0.2, 0) is 4.79 Å². The van der Waals surface area contributed by atoms with E-state index in [2.05, 4.69) is 25.7 Å². The monoisotopic (exact) mass is 197 g/mol. The van der Waals surface area contributed by atoms with E-state index in [1.54, 1.807) is 0 Å². The summed E-state index contributed by atoms with van der Waals surface area (Å²) in [6, 6.07) is 0.579. The van der Waals surface area contributed by atoms with Crippen LogP contribution in [0.4, 0.5) is 0 Å². The molecule has 2 heteroatoms. The van der Waals surface area contributed by atoms with Crippen molar-refractivity contribution in [2.45, 2.75) is 52.5 Å². The fourth-order valence-electron chi connectivity index (χ4n) is 2.46. The van der Waals surface area contributed by atoms with Crippen LogP contribution in [0.5, 0.6) is 0 Å². The van der Waals surface area contributed by atoms with E-state index in [4.69, 9.17) is 0 Å². The molecule has 1 saturated heterocycles. The second-order valence-corrected chi connectivity index (χ2v) is 5.39. The van der Waals surface area contributed by atoms with E-state index < -0.39 is 0 Å². The molecule has 82 valence electrons. The third-order valence-corrected chi connectivity index (χ3v) is 3.17. The predicted molar refractivity (Wildman–Crippen MR) is 59.3 cm³/mol. The summed E-state index contributed by atoms with van der Waals surface area (Å²) < 4.78 is 0. The van der Waals surface area contributed by atoms with Crippen LogP contribution >= 0.6 is 0 Å². The molecule has 14 heavy (non-hydrogen) atoms. The van der Waals surface area contributed by atoms with Crippen molar-refractivity contribution in [3.05, 3.63) is 0 Å². The van der Waals surface area contributed by atoms with Gasteiger partial charge in [0.15, 0.2) is 0 Å². The van der Waals surface area contributed by atoms with Crippen LogP contribution in [0.3, 0.4) is 0 Å². The molecule has 0 saturated carbocycles. The molecule has 1 aliphatic heterocycles. The number of hydrogen-bond donors (Lipinski definition) is 0. The molecule has 0 aromatic heterocycles. The standard InChI is InChI=1S/C12H23NO/c1-12(2,3)11-7-5-4-6-8-13(11)9-10-14/h10-11H,4-9H2,1-3H3. The number of carbonyl (C=O) groups is 1. The van der Waals surface area contributed by atoms with Gasteiger partial charge < -0.3 is 4.79 Å². The van der Waals surface area contributed by atoms with Crippen molar-refractivity contribution in [2.75, 3.05) is 13.1 Å². The van der Waals surface area contributed by atoms with Crippen molar-refractivity contribution in [3.8, 4) is 0 Å². The summed E-state index contributed by atoms with van der Waals surface area (Å²) in [6.07, 6.45) is 6.18. The van der Waals surface area contributed by atoms with Gasteiger partial charge in [-0.05, 0) is 24.8 Å². The van der Waals surface area contributed by atoms with Gasteiger partial charge in [-0.1, -0.05) is 33.6 Å². The minimum absolute atomic E-state index is 0.299. The number of rotatable bonds is 2. The van der Waals surface area contributed by atoms with Crippen molar-refractivity contribution in [2.24, 2.45) is 5.41 Å². The number of nitrogens with zero attached hydrogens (tertiary/aromatic N) is 1. The van der Waals surface area contributed by atoms with Gasteiger partial charge in [0.25, 0.3) is 0 Å². The van der Waals surface area contributed by atoms with Crippen LogP contribution in [-0.4, -0.2) is 30.3 Å². The summed E-state index contributed by atoms with van der Waals surface area (Å²) in [5, 5.41) is 0. The smallest absolute Gasteiger partial charge is 0.133 e. The van der Waals surface area contributed by atoms with Gasteiger partial charge in [-0.25, -0.2) is 0 Å². The van der Waals surface area contributed by atoms with Gasteiger partial charge in [-0.2, -0.15) is 0 Å². The summed E-state index contributed by atoms with van der Waals surface area (Å²) >= 11 is 0. The lowest BCUT2D eigenvalue weighted by Crippen LogP contribution is -2.44. The summed E-state index contributed by atoms with van der Waals surface area (Å²) in [4.78, 5) is 13.0.